The van der Waals surface area contributed by atoms with Crippen LogP contribution in [0.1, 0.15) is 25.0 Å². The van der Waals surface area contributed by atoms with Gasteiger partial charge in [0.25, 0.3) is 5.91 Å². The normalized spacial score (nSPS) is 17.7. The minimum Gasteiger partial charge on any atom is -0.461 e. The van der Waals surface area contributed by atoms with E-state index in [2.05, 4.69) is 15.3 Å². The molecule has 208 valence electrons. The Hall–Kier alpha value is -4.23. The van der Waals surface area contributed by atoms with Crippen molar-refractivity contribution in [2.45, 2.75) is 38.2 Å². The van der Waals surface area contributed by atoms with Gasteiger partial charge < -0.3 is 19.5 Å². The van der Waals surface area contributed by atoms with E-state index in [1.807, 2.05) is 0 Å². The van der Waals surface area contributed by atoms with E-state index < -0.39 is 42.1 Å². The minimum absolute atomic E-state index is 0.0194. The number of benzene rings is 1. The molecule has 1 fully saturated rings. The summed E-state index contributed by atoms with van der Waals surface area (Å²) in [5.74, 6) is -2.09. The highest BCUT2D eigenvalue weighted by molar-refractivity contribution is 8.00. The number of azide groups is 1. The van der Waals surface area contributed by atoms with E-state index in [0.29, 0.717) is 11.1 Å². The molecule has 1 saturated heterocycles. The zero-order chi connectivity index (χ0) is 28.5. The number of nitrogens with one attached hydrogen (secondary N) is 1. The smallest absolute Gasteiger partial charge is 0.412 e. The van der Waals surface area contributed by atoms with Gasteiger partial charge in [-0.15, -0.1) is 11.8 Å². The molecule has 15 heteroatoms. The van der Waals surface area contributed by atoms with Crippen LogP contribution in [0.15, 0.2) is 40.6 Å². The zero-order valence-corrected chi connectivity index (χ0v) is 22.4. The number of esters is 2. The van der Waals surface area contributed by atoms with E-state index in [-0.39, 0.29) is 43.5 Å². The third kappa shape index (κ3) is 7.42. The number of amides is 3. The summed E-state index contributed by atoms with van der Waals surface area (Å²) < 4.78 is 15.2. The van der Waals surface area contributed by atoms with Crippen LogP contribution in [-0.4, -0.2) is 83.8 Å². The Bertz CT molecular complexity index is 1210. The molecule has 0 spiro atoms. The summed E-state index contributed by atoms with van der Waals surface area (Å²) >= 11 is 1.31. The molecule has 0 saturated carbocycles. The van der Waals surface area contributed by atoms with Gasteiger partial charge in [0, 0.05) is 30.2 Å². The Morgan fingerprint density at radius 2 is 1.87 bits per heavy atom. The second-order valence-corrected chi connectivity index (χ2v) is 9.63. The number of rotatable bonds is 11. The van der Waals surface area contributed by atoms with Crippen LogP contribution in [-0.2, 0) is 46.4 Å². The van der Waals surface area contributed by atoms with Crippen molar-refractivity contribution in [2.24, 2.45) is 5.11 Å². The van der Waals surface area contributed by atoms with E-state index >= 15 is 0 Å². The lowest BCUT2D eigenvalue weighted by Crippen LogP contribution is -2.70. The van der Waals surface area contributed by atoms with Crippen LogP contribution < -0.4 is 5.32 Å². The van der Waals surface area contributed by atoms with E-state index in [0.717, 1.165) is 10.5 Å². The fourth-order valence-corrected chi connectivity index (χ4v) is 5.09. The van der Waals surface area contributed by atoms with Crippen LogP contribution in [0, 0.1) is 0 Å². The summed E-state index contributed by atoms with van der Waals surface area (Å²) in [7, 11) is 1.38. The van der Waals surface area contributed by atoms with Gasteiger partial charge in [0.15, 0.2) is 6.73 Å². The van der Waals surface area contributed by atoms with Crippen LogP contribution in [0.4, 0.5) is 4.79 Å². The predicted octanol–water partition coefficient (Wildman–Crippen LogP) is 1.85. The molecule has 2 unspecified atom stereocenters. The first-order valence-corrected chi connectivity index (χ1v) is 12.9. The van der Waals surface area contributed by atoms with Crippen molar-refractivity contribution in [1.29, 1.82) is 0 Å². The maximum atomic E-state index is 13.1. The number of hydrogen-bond donors (Lipinski definition) is 1. The third-order valence-electron chi connectivity index (χ3n) is 5.68. The van der Waals surface area contributed by atoms with Crippen molar-refractivity contribution < 1.29 is 38.2 Å². The van der Waals surface area contributed by atoms with E-state index in [1.54, 1.807) is 31.2 Å². The number of ether oxygens (including phenoxy) is 3. The molecule has 2 aliphatic heterocycles. The maximum Gasteiger partial charge on any atom is 0.412 e. The lowest BCUT2D eigenvalue weighted by Gasteiger charge is -2.49. The summed E-state index contributed by atoms with van der Waals surface area (Å²) in [5, 5.41) is 5.64. The van der Waals surface area contributed by atoms with E-state index in [9.17, 15) is 24.0 Å². The molecule has 2 aliphatic rings. The molecule has 2 heterocycles. The summed E-state index contributed by atoms with van der Waals surface area (Å²) in [6, 6.07) is 6.09. The van der Waals surface area contributed by atoms with Gasteiger partial charge in [-0.2, -0.15) is 0 Å². The highest BCUT2D eigenvalue weighted by Gasteiger charge is 2.54. The second-order valence-electron chi connectivity index (χ2n) is 8.53. The SMILES string of the molecule is CCOC(=O)N(C)COC(=O)C1=C(COC(C)=O)CSC2C(NC(=O)Cc3ccc(CN=[N+]=[N-])cc3)C(=O)N12. The van der Waals surface area contributed by atoms with Gasteiger partial charge in [-0.25, -0.2) is 9.59 Å². The molecule has 2 atom stereocenters. The van der Waals surface area contributed by atoms with E-state index in [4.69, 9.17) is 19.7 Å². The molecule has 3 amide bonds. The van der Waals surface area contributed by atoms with Crippen molar-refractivity contribution >= 4 is 41.6 Å². The third-order valence-corrected chi connectivity index (χ3v) is 7.02. The molecular weight excluding hydrogens is 532 g/mol. The number of nitrogens with zero attached hydrogens (tertiary/aromatic N) is 5. The van der Waals surface area contributed by atoms with Crippen LogP contribution in [0.25, 0.3) is 10.4 Å². The molecule has 0 bridgehead atoms. The van der Waals surface area contributed by atoms with Crippen molar-refractivity contribution in [1.82, 2.24) is 15.1 Å². The lowest BCUT2D eigenvalue weighted by atomic mass is 10.0. The number of hydrogen-bond acceptors (Lipinski definition) is 10. The molecule has 0 radical (unpaired) electrons. The number of carbonyl (C=O) groups is 5. The van der Waals surface area contributed by atoms with Gasteiger partial charge in [0.2, 0.25) is 5.91 Å². The summed E-state index contributed by atoms with van der Waals surface area (Å²) in [4.78, 5) is 66.9. The average Bonchev–Trinajstić information content (AvgIpc) is 2.92. The highest BCUT2D eigenvalue weighted by atomic mass is 32.2. The Labute approximate surface area is 228 Å². The number of thioether (sulfide) groups is 1. The van der Waals surface area contributed by atoms with Crippen LogP contribution in [0.2, 0.25) is 0 Å². The second kappa shape index (κ2) is 13.5. The minimum atomic E-state index is -0.877. The lowest BCUT2D eigenvalue weighted by molar-refractivity contribution is -0.154. The quantitative estimate of drug-likeness (QED) is 0.0803. The molecule has 39 heavy (non-hydrogen) atoms. The van der Waals surface area contributed by atoms with Gasteiger partial charge >= 0.3 is 18.0 Å². The van der Waals surface area contributed by atoms with Gasteiger partial charge in [-0.3, -0.25) is 24.2 Å². The fraction of sp³-hybridized carbons (Fsp3) is 0.458. The van der Waals surface area contributed by atoms with Crippen molar-refractivity contribution in [3.63, 3.8) is 0 Å². The molecule has 0 aromatic heterocycles. The first-order valence-electron chi connectivity index (χ1n) is 11.9. The topological polar surface area (TPSA) is 180 Å². The van der Waals surface area contributed by atoms with Gasteiger partial charge in [-0.05, 0) is 23.6 Å². The standard InChI is InChI=1S/C24H28N6O8S/c1-4-36-24(35)29(3)13-38-23(34)20-17(11-37-14(2)31)12-39-22-19(21(33)30(20)22)27-18(32)9-15-5-7-16(8-6-15)10-26-28-25/h5-8,19,22H,4,9-13H2,1-3H3,(H,27,32). The fourth-order valence-electron chi connectivity index (χ4n) is 3.77. The molecule has 1 aromatic rings. The molecule has 1 N–H and O–H groups in total. The first-order chi connectivity index (χ1) is 18.7. The monoisotopic (exact) mass is 560 g/mol. The molecule has 14 nitrogen and oxygen atoms in total. The summed E-state index contributed by atoms with van der Waals surface area (Å²) in [6.07, 6.45) is -0.671. The summed E-state index contributed by atoms with van der Waals surface area (Å²) in [6.45, 7) is 2.56. The van der Waals surface area contributed by atoms with Crippen LogP contribution in [0.5, 0.6) is 0 Å². The van der Waals surface area contributed by atoms with Crippen LogP contribution >= 0.6 is 11.8 Å². The maximum absolute atomic E-state index is 13.1. The molecule has 0 aliphatic carbocycles. The predicted molar refractivity (Wildman–Crippen MR) is 137 cm³/mol. The Kier molecular flexibility index (Phi) is 10.2. The van der Waals surface area contributed by atoms with Gasteiger partial charge in [0.05, 0.1) is 19.6 Å². The number of β-lactam (4-membered cyclic amide) rings is 1. The summed E-state index contributed by atoms with van der Waals surface area (Å²) in [5.41, 5.74) is 10.2. The molecule has 3 rings (SSSR count). The van der Waals surface area contributed by atoms with Crippen LogP contribution in [0.3, 0.4) is 0 Å². The Morgan fingerprint density at radius 3 is 2.51 bits per heavy atom. The number of carbonyl (C=O) groups excluding carboxylic acids is 5. The zero-order valence-electron chi connectivity index (χ0n) is 21.6. The Balaban J connectivity index is 1.67. The van der Waals surface area contributed by atoms with Gasteiger partial charge in [-0.1, -0.05) is 29.4 Å². The Morgan fingerprint density at radius 1 is 1.18 bits per heavy atom. The number of fused-ring (bicyclic) bond motifs is 1. The molecule has 1 aromatic carbocycles. The first kappa shape index (κ1) is 29.3. The van der Waals surface area contributed by atoms with Crippen molar-refractivity contribution in [2.75, 3.05) is 32.7 Å². The largest absolute Gasteiger partial charge is 0.461 e. The van der Waals surface area contributed by atoms with E-state index in [1.165, 1.54) is 30.6 Å². The van der Waals surface area contributed by atoms with Gasteiger partial charge in [0.1, 0.15) is 23.7 Å². The average molecular weight is 561 g/mol. The highest BCUT2D eigenvalue weighted by Crippen LogP contribution is 2.40. The van der Waals surface area contributed by atoms with Crippen molar-refractivity contribution in [3.05, 3.63) is 57.1 Å². The molecular formula is C24H28N6O8S. The van der Waals surface area contributed by atoms with Crippen molar-refractivity contribution in [3.8, 4) is 0 Å².